The van der Waals surface area contributed by atoms with E-state index in [9.17, 15) is 9.59 Å². The Balaban J connectivity index is 1.59. The second-order valence-corrected chi connectivity index (χ2v) is 7.39. The average Bonchev–Trinajstić information content (AvgIpc) is 3.23. The maximum Gasteiger partial charge on any atom is 0.351 e. The van der Waals surface area contributed by atoms with Crippen LogP contribution in [0.4, 0.5) is 0 Å². The Morgan fingerprint density at radius 1 is 1.20 bits per heavy atom. The highest BCUT2D eigenvalue weighted by Gasteiger charge is 2.24. The number of rotatable bonds is 5. The van der Waals surface area contributed by atoms with Crippen LogP contribution in [0.2, 0.25) is 0 Å². The molecule has 1 atom stereocenters. The number of esters is 1. The number of aromatic nitrogens is 1. The lowest BCUT2D eigenvalue weighted by atomic mass is 10.1. The second kappa shape index (κ2) is 8.34. The highest BCUT2D eigenvalue weighted by Crippen LogP contribution is 2.23. The van der Waals surface area contributed by atoms with E-state index in [2.05, 4.69) is 5.32 Å². The van der Waals surface area contributed by atoms with Gasteiger partial charge in [-0.25, -0.2) is 4.79 Å². The first kappa shape index (κ1) is 17.7. The van der Waals surface area contributed by atoms with Crippen LogP contribution >= 0.6 is 11.3 Å². The number of ether oxygens (including phenoxy) is 1. The van der Waals surface area contributed by atoms with Crippen molar-refractivity contribution in [2.24, 2.45) is 0 Å². The molecular weight excluding hydrogens is 336 g/mol. The number of nitrogens with one attached hydrogen (secondary N) is 1. The van der Waals surface area contributed by atoms with Crippen molar-refractivity contribution >= 4 is 23.2 Å². The van der Waals surface area contributed by atoms with Crippen LogP contribution in [0, 0.1) is 0 Å². The smallest absolute Gasteiger partial charge is 0.351 e. The van der Waals surface area contributed by atoms with Crippen molar-refractivity contribution in [3.8, 4) is 5.69 Å². The van der Waals surface area contributed by atoms with Crippen LogP contribution in [-0.2, 0) is 9.53 Å². The van der Waals surface area contributed by atoms with Gasteiger partial charge in [-0.3, -0.25) is 4.79 Å². The lowest BCUT2D eigenvalue weighted by Crippen LogP contribution is -2.41. The quantitative estimate of drug-likeness (QED) is 0.649. The first-order chi connectivity index (χ1) is 12.1. The van der Waals surface area contributed by atoms with Gasteiger partial charge in [-0.1, -0.05) is 25.7 Å². The molecule has 1 fully saturated rings. The summed E-state index contributed by atoms with van der Waals surface area (Å²) in [6.45, 7) is 1.63. The Morgan fingerprint density at radius 3 is 2.56 bits per heavy atom. The minimum Gasteiger partial charge on any atom is -0.448 e. The summed E-state index contributed by atoms with van der Waals surface area (Å²) in [6, 6.07) is 5.87. The van der Waals surface area contributed by atoms with E-state index in [0.29, 0.717) is 4.88 Å². The molecule has 3 rings (SSSR count). The van der Waals surface area contributed by atoms with Crippen molar-refractivity contribution in [2.75, 3.05) is 0 Å². The van der Waals surface area contributed by atoms with Gasteiger partial charge >= 0.3 is 5.97 Å². The normalized spacial score (nSPS) is 16.8. The molecule has 1 amide bonds. The average molecular weight is 360 g/mol. The number of amides is 1. The van der Waals surface area contributed by atoms with Gasteiger partial charge in [0.25, 0.3) is 5.91 Å². The first-order valence-electron chi connectivity index (χ1n) is 8.87. The summed E-state index contributed by atoms with van der Waals surface area (Å²) >= 11 is 1.32. The third-order valence-corrected chi connectivity index (χ3v) is 5.45. The molecule has 5 nitrogen and oxygen atoms in total. The van der Waals surface area contributed by atoms with E-state index in [-0.39, 0.29) is 11.9 Å². The molecule has 6 heteroatoms. The van der Waals surface area contributed by atoms with Crippen molar-refractivity contribution in [1.29, 1.82) is 0 Å². The van der Waals surface area contributed by atoms with Gasteiger partial charge in [0.05, 0.1) is 5.69 Å². The maximum atomic E-state index is 12.5. The molecule has 0 spiro atoms. The summed E-state index contributed by atoms with van der Waals surface area (Å²) in [5, 5.41) is 4.88. The van der Waals surface area contributed by atoms with E-state index in [1.54, 1.807) is 6.92 Å². The van der Waals surface area contributed by atoms with Crippen LogP contribution < -0.4 is 5.32 Å². The molecule has 0 radical (unpaired) electrons. The van der Waals surface area contributed by atoms with E-state index in [1.807, 2.05) is 40.5 Å². The summed E-state index contributed by atoms with van der Waals surface area (Å²) < 4.78 is 7.28. The van der Waals surface area contributed by atoms with Crippen LogP contribution in [0.25, 0.3) is 5.69 Å². The van der Waals surface area contributed by atoms with E-state index in [1.165, 1.54) is 24.2 Å². The molecule has 0 bridgehead atoms. The van der Waals surface area contributed by atoms with Crippen molar-refractivity contribution in [3.05, 3.63) is 40.8 Å². The molecule has 2 aromatic heterocycles. The predicted molar refractivity (Wildman–Crippen MR) is 98.2 cm³/mol. The zero-order valence-corrected chi connectivity index (χ0v) is 15.3. The SMILES string of the molecule is CC(OC(=O)c1sccc1-n1cccc1)C(=O)NC1CCCCCC1. The van der Waals surface area contributed by atoms with Crippen molar-refractivity contribution in [2.45, 2.75) is 57.6 Å². The predicted octanol–water partition coefficient (Wildman–Crippen LogP) is 3.92. The number of carbonyl (C=O) groups excluding carboxylic acids is 2. The molecule has 0 saturated heterocycles. The largest absolute Gasteiger partial charge is 0.448 e. The van der Waals surface area contributed by atoms with Gasteiger partial charge in [-0.05, 0) is 43.3 Å². The molecular formula is C19H24N2O3S. The van der Waals surface area contributed by atoms with Crippen LogP contribution in [0.5, 0.6) is 0 Å². The van der Waals surface area contributed by atoms with Crippen LogP contribution in [0.15, 0.2) is 36.0 Å². The third kappa shape index (κ3) is 4.51. The zero-order valence-electron chi connectivity index (χ0n) is 14.4. The minimum atomic E-state index is -0.796. The zero-order chi connectivity index (χ0) is 17.6. The number of hydrogen-bond donors (Lipinski definition) is 1. The van der Waals surface area contributed by atoms with E-state index >= 15 is 0 Å². The highest BCUT2D eigenvalue weighted by molar-refractivity contribution is 7.12. The fourth-order valence-electron chi connectivity index (χ4n) is 3.16. The van der Waals surface area contributed by atoms with Gasteiger partial charge in [-0.2, -0.15) is 0 Å². The number of carbonyl (C=O) groups is 2. The monoisotopic (exact) mass is 360 g/mol. The van der Waals surface area contributed by atoms with Gasteiger partial charge in [0.2, 0.25) is 0 Å². The minimum absolute atomic E-state index is 0.202. The molecule has 1 aliphatic carbocycles. The highest BCUT2D eigenvalue weighted by atomic mass is 32.1. The maximum absolute atomic E-state index is 12.5. The Hall–Kier alpha value is -2.08. The summed E-state index contributed by atoms with van der Waals surface area (Å²) in [7, 11) is 0. The molecule has 1 aliphatic rings. The molecule has 1 N–H and O–H groups in total. The Kier molecular flexibility index (Phi) is 5.91. The van der Waals surface area contributed by atoms with Crippen LogP contribution in [-0.4, -0.2) is 28.6 Å². The van der Waals surface area contributed by atoms with E-state index in [4.69, 9.17) is 4.74 Å². The second-order valence-electron chi connectivity index (χ2n) is 6.47. The van der Waals surface area contributed by atoms with Gasteiger partial charge < -0.3 is 14.6 Å². The van der Waals surface area contributed by atoms with Gasteiger partial charge in [0.15, 0.2) is 6.10 Å². The molecule has 25 heavy (non-hydrogen) atoms. The van der Waals surface area contributed by atoms with Gasteiger partial charge in [0.1, 0.15) is 4.88 Å². The lowest BCUT2D eigenvalue weighted by Gasteiger charge is -2.19. The fourth-order valence-corrected chi connectivity index (χ4v) is 3.94. The van der Waals surface area contributed by atoms with Gasteiger partial charge in [0, 0.05) is 18.4 Å². The van der Waals surface area contributed by atoms with Crippen molar-refractivity contribution < 1.29 is 14.3 Å². The van der Waals surface area contributed by atoms with Crippen molar-refractivity contribution in [3.63, 3.8) is 0 Å². The Bertz CT molecular complexity index is 700. The van der Waals surface area contributed by atoms with Crippen LogP contribution in [0.3, 0.4) is 0 Å². The lowest BCUT2D eigenvalue weighted by molar-refractivity contribution is -0.129. The van der Waals surface area contributed by atoms with E-state index in [0.717, 1.165) is 31.4 Å². The summed E-state index contributed by atoms with van der Waals surface area (Å²) in [5.74, 6) is -0.665. The molecule has 2 aromatic rings. The Labute approximate surface area is 152 Å². The first-order valence-corrected chi connectivity index (χ1v) is 9.75. The number of hydrogen-bond acceptors (Lipinski definition) is 4. The molecule has 0 aliphatic heterocycles. The standard InChI is InChI=1S/C19H24N2O3S/c1-14(18(22)20-15-8-4-2-3-5-9-15)24-19(23)17-16(10-13-25-17)21-11-6-7-12-21/h6-7,10-15H,2-5,8-9H2,1H3,(H,20,22). The molecule has 134 valence electrons. The number of nitrogens with zero attached hydrogens (tertiary/aromatic N) is 1. The fraction of sp³-hybridized carbons (Fsp3) is 0.474. The number of thiophene rings is 1. The molecule has 0 aromatic carbocycles. The molecule has 2 heterocycles. The molecule has 1 saturated carbocycles. The summed E-state index contributed by atoms with van der Waals surface area (Å²) in [4.78, 5) is 25.3. The van der Waals surface area contributed by atoms with E-state index < -0.39 is 12.1 Å². The third-order valence-electron chi connectivity index (χ3n) is 4.57. The summed E-state index contributed by atoms with van der Waals surface area (Å²) in [6.07, 6.45) is 9.74. The van der Waals surface area contributed by atoms with Crippen molar-refractivity contribution in [1.82, 2.24) is 9.88 Å². The summed E-state index contributed by atoms with van der Waals surface area (Å²) in [5.41, 5.74) is 0.774. The molecule has 1 unspecified atom stereocenters. The topological polar surface area (TPSA) is 60.3 Å². The van der Waals surface area contributed by atoms with Crippen LogP contribution in [0.1, 0.15) is 55.1 Å². The van der Waals surface area contributed by atoms with Gasteiger partial charge in [-0.15, -0.1) is 11.3 Å². The Morgan fingerprint density at radius 2 is 1.88 bits per heavy atom.